The summed E-state index contributed by atoms with van der Waals surface area (Å²) in [7, 11) is 1.55. The van der Waals surface area contributed by atoms with Crippen LogP contribution >= 0.6 is 56.8 Å². The number of carbonyl (C=O) groups excluding carboxylic acids is 1. The number of hydrogen-bond donors (Lipinski definition) is 1. The van der Waals surface area contributed by atoms with Crippen LogP contribution in [0.2, 0.25) is 5.02 Å². The van der Waals surface area contributed by atoms with Gasteiger partial charge in [-0.1, -0.05) is 48.0 Å². The van der Waals surface area contributed by atoms with E-state index in [0.717, 1.165) is 34.8 Å². The third-order valence-electron chi connectivity index (χ3n) is 5.01. The molecule has 0 bridgehead atoms. The maximum absolute atomic E-state index is 12.8. The summed E-state index contributed by atoms with van der Waals surface area (Å²) in [5.74, 6) is 0.960. The number of benzene rings is 4. The van der Waals surface area contributed by atoms with E-state index in [1.807, 2.05) is 66.7 Å². The molecule has 0 aliphatic heterocycles. The van der Waals surface area contributed by atoms with E-state index in [0.29, 0.717) is 22.9 Å². The minimum Gasteiger partial charge on any atom is -0.496 e. The molecule has 0 aromatic heterocycles. The van der Waals surface area contributed by atoms with E-state index in [-0.39, 0.29) is 5.91 Å². The molecule has 4 aromatic carbocycles. The highest BCUT2D eigenvalue weighted by Crippen LogP contribution is 2.30. The fourth-order valence-electron chi connectivity index (χ4n) is 3.32. The number of fused-ring (bicyclic) bond motifs is 1. The zero-order valence-electron chi connectivity index (χ0n) is 18.0. The summed E-state index contributed by atoms with van der Waals surface area (Å²) in [6.45, 7) is 0.445. The molecule has 0 aliphatic carbocycles. The lowest BCUT2D eigenvalue weighted by Crippen LogP contribution is -2.18. The lowest BCUT2D eigenvalue weighted by atomic mass is 10.1. The Kier molecular flexibility index (Phi) is 8.28. The van der Waals surface area contributed by atoms with Gasteiger partial charge in [0.25, 0.3) is 5.91 Å². The number of methoxy groups -OCH3 is 1. The molecule has 172 valence electrons. The lowest BCUT2D eigenvalue weighted by Gasteiger charge is -2.12. The van der Waals surface area contributed by atoms with Crippen LogP contribution in [0, 0.1) is 7.14 Å². The highest BCUT2D eigenvalue weighted by molar-refractivity contribution is 14.1. The zero-order valence-corrected chi connectivity index (χ0v) is 23.1. The van der Waals surface area contributed by atoms with Crippen LogP contribution in [-0.2, 0) is 6.61 Å². The number of nitrogens with one attached hydrogen (secondary N) is 1. The third-order valence-corrected chi connectivity index (χ3v) is 6.86. The van der Waals surface area contributed by atoms with E-state index in [1.54, 1.807) is 19.4 Å². The Morgan fingerprint density at radius 3 is 2.29 bits per heavy atom. The van der Waals surface area contributed by atoms with Gasteiger partial charge in [-0.2, -0.15) is 5.10 Å². The molecule has 34 heavy (non-hydrogen) atoms. The molecule has 0 spiro atoms. The first-order valence-electron chi connectivity index (χ1n) is 10.2. The van der Waals surface area contributed by atoms with E-state index in [4.69, 9.17) is 21.1 Å². The molecular formula is C26H19ClI2N2O3. The predicted molar refractivity (Wildman–Crippen MR) is 153 cm³/mol. The monoisotopic (exact) mass is 696 g/mol. The van der Waals surface area contributed by atoms with E-state index in [9.17, 15) is 4.79 Å². The Morgan fingerprint density at radius 2 is 1.65 bits per heavy atom. The molecule has 0 saturated carbocycles. The maximum Gasteiger partial charge on any atom is 0.275 e. The summed E-state index contributed by atoms with van der Waals surface area (Å²) in [5.41, 5.74) is 4.90. The second-order valence-electron chi connectivity index (χ2n) is 7.33. The summed E-state index contributed by atoms with van der Waals surface area (Å²) >= 11 is 10.4. The van der Waals surface area contributed by atoms with Crippen molar-refractivity contribution in [1.29, 1.82) is 0 Å². The van der Waals surface area contributed by atoms with Crippen LogP contribution in [0.25, 0.3) is 10.8 Å². The summed E-state index contributed by atoms with van der Waals surface area (Å²) in [4.78, 5) is 12.8. The average molecular weight is 697 g/mol. The molecule has 1 amide bonds. The predicted octanol–water partition coefficient (Wildman–Crippen LogP) is 7.05. The number of ether oxygens (including phenoxy) is 2. The van der Waals surface area contributed by atoms with Crippen molar-refractivity contribution in [3.05, 3.63) is 102 Å². The number of hydrogen-bond acceptors (Lipinski definition) is 4. The van der Waals surface area contributed by atoms with Gasteiger partial charge >= 0.3 is 0 Å². The first kappa shape index (κ1) is 24.7. The van der Waals surface area contributed by atoms with Crippen molar-refractivity contribution in [3.63, 3.8) is 0 Å². The first-order valence-corrected chi connectivity index (χ1v) is 12.7. The molecule has 4 rings (SSSR count). The van der Waals surface area contributed by atoms with Crippen molar-refractivity contribution in [1.82, 2.24) is 5.43 Å². The van der Waals surface area contributed by atoms with Crippen molar-refractivity contribution >= 4 is 79.7 Å². The Balaban J connectivity index is 1.45. The van der Waals surface area contributed by atoms with Gasteiger partial charge in [-0.25, -0.2) is 5.43 Å². The molecule has 0 atom stereocenters. The lowest BCUT2D eigenvalue weighted by molar-refractivity contribution is 0.0952. The van der Waals surface area contributed by atoms with Crippen LogP contribution in [0.5, 0.6) is 11.5 Å². The normalized spacial score (nSPS) is 11.1. The minimum absolute atomic E-state index is 0.342. The fourth-order valence-corrected chi connectivity index (χ4v) is 5.57. The van der Waals surface area contributed by atoms with Crippen molar-refractivity contribution in [3.8, 4) is 11.5 Å². The Morgan fingerprint density at radius 1 is 1.00 bits per heavy atom. The molecule has 4 aromatic rings. The molecule has 0 aliphatic rings. The van der Waals surface area contributed by atoms with Gasteiger partial charge in [0.1, 0.15) is 18.1 Å². The van der Waals surface area contributed by atoms with Crippen LogP contribution in [0.15, 0.2) is 77.9 Å². The number of rotatable bonds is 7. The van der Waals surface area contributed by atoms with Gasteiger partial charge in [-0.3, -0.25) is 4.79 Å². The minimum atomic E-state index is -0.342. The topological polar surface area (TPSA) is 59.9 Å². The van der Waals surface area contributed by atoms with Crippen molar-refractivity contribution in [2.24, 2.45) is 5.10 Å². The number of carbonyl (C=O) groups is 1. The largest absolute Gasteiger partial charge is 0.496 e. The van der Waals surface area contributed by atoms with Crippen LogP contribution < -0.4 is 14.9 Å². The van der Waals surface area contributed by atoms with Gasteiger partial charge in [0, 0.05) is 5.02 Å². The number of amides is 1. The molecule has 0 radical (unpaired) electrons. The van der Waals surface area contributed by atoms with Crippen molar-refractivity contribution in [2.75, 3.05) is 7.11 Å². The van der Waals surface area contributed by atoms with Crippen LogP contribution in [-0.4, -0.2) is 19.2 Å². The SMILES string of the molecule is COc1cc2ccccc2cc1C(=O)N/N=C\c1cc(I)c(OCc2ccc(Cl)cc2)c(I)c1. The highest BCUT2D eigenvalue weighted by atomic mass is 127. The molecule has 0 unspecified atom stereocenters. The summed E-state index contributed by atoms with van der Waals surface area (Å²) in [6.07, 6.45) is 1.61. The molecule has 8 heteroatoms. The summed E-state index contributed by atoms with van der Waals surface area (Å²) < 4.78 is 13.3. The van der Waals surface area contributed by atoms with Gasteiger partial charge < -0.3 is 9.47 Å². The van der Waals surface area contributed by atoms with Gasteiger partial charge in [0.15, 0.2) is 0 Å². The van der Waals surface area contributed by atoms with Gasteiger partial charge in [0.2, 0.25) is 0 Å². The second kappa shape index (κ2) is 11.4. The van der Waals surface area contributed by atoms with Gasteiger partial charge in [0.05, 0.1) is 26.0 Å². The number of hydrazone groups is 1. The third kappa shape index (κ3) is 6.00. The average Bonchev–Trinajstić information content (AvgIpc) is 2.83. The van der Waals surface area contributed by atoms with E-state index in [2.05, 4.69) is 55.7 Å². The van der Waals surface area contributed by atoms with Gasteiger partial charge in [-0.05, 0) is 103 Å². The van der Waals surface area contributed by atoms with Crippen LogP contribution in [0.4, 0.5) is 0 Å². The number of nitrogens with zero attached hydrogens (tertiary/aromatic N) is 1. The van der Waals surface area contributed by atoms with Crippen molar-refractivity contribution in [2.45, 2.75) is 6.61 Å². The molecule has 0 fully saturated rings. The standard InChI is InChI=1S/C26H19ClI2N2O3/c1-33-24-13-19-5-3-2-4-18(19)12-21(24)26(32)31-30-14-17-10-22(28)25(23(29)11-17)34-15-16-6-8-20(27)9-7-16/h2-14H,15H2,1H3,(H,31,32)/b30-14-. The van der Waals surface area contributed by atoms with E-state index in [1.165, 1.54) is 0 Å². The van der Waals surface area contributed by atoms with Crippen molar-refractivity contribution < 1.29 is 14.3 Å². The zero-order chi connectivity index (χ0) is 24.1. The van der Waals surface area contributed by atoms with Crippen LogP contribution in [0.1, 0.15) is 21.5 Å². The van der Waals surface area contributed by atoms with Crippen LogP contribution in [0.3, 0.4) is 0 Å². The summed E-state index contributed by atoms with van der Waals surface area (Å²) in [6, 6.07) is 22.9. The Hall–Kier alpha value is -2.37. The van der Waals surface area contributed by atoms with Gasteiger partial charge in [-0.15, -0.1) is 0 Å². The Bertz CT molecular complexity index is 1350. The summed E-state index contributed by atoms with van der Waals surface area (Å²) in [5, 5.41) is 6.80. The quantitative estimate of drug-likeness (QED) is 0.128. The number of halogens is 3. The maximum atomic E-state index is 12.8. The first-order chi connectivity index (χ1) is 16.4. The van der Waals surface area contributed by atoms with E-state index < -0.39 is 0 Å². The molecule has 0 heterocycles. The highest BCUT2D eigenvalue weighted by Gasteiger charge is 2.13. The van der Waals surface area contributed by atoms with E-state index >= 15 is 0 Å². The molecular weight excluding hydrogens is 678 g/mol. The smallest absolute Gasteiger partial charge is 0.275 e. The molecule has 1 N–H and O–H groups in total. The molecule has 5 nitrogen and oxygen atoms in total. The Labute approximate surface area is 229 Å². The fraction of sp³-hybridized carbons (Fsp3) is 0.0769. The second-order valence-corrected chi connectivity index (χ2v) is 10.1. The molecule has 0 saturated heterocycles.